The van der Waals surface area contributed by atoms with E-state index >= 15 is 0 Å². The Morgan fingerprint density at radius 2 is 2.00 bits per heavy atom. The third-order valence-corrected chi connectivity index (χ3v) is 2.42. The van der Waals surface area contributed by atoms with Crippen molar-refractivity contribution in [2.75, 3.05) is 0 Å². The molecular weight excluding hydrogens is 278 g/mol. The Bertz CT molecular complexity index is 392. The van der Waals surface area contributed by atoms with Crippen molar-refractivity contribution in [3.05, 3.63) is 39.4 Å². The Hall–Kier alpha value is -1.07. The summed E-state index contributed by atoms with van der Waals surface area (Å²) in [6, 6.07) is 2.49. The Morgan fingerprint density at radius 3 is 2.40 bits per heavy atom. The fourth-order valence-electron chi connectivity index (χ4n) is 1.03. The van der Waals surface area contributed by atoms with Gasteiger partial charge in [0.2, 0.25) is 0 Å². The maximum absolute atomic E-state index is 12.2. The van der Waals surface area contributed by atoms with E-state index in [2.05, 4.69) is 16.0 Å². The topological polar surface area (TPSA) is 43.1 Å². The van der Waals surface area contributed by atoms with E-state index in [1.54, 1.807) is 0 Å². The van der Waals surface area contributed by atoms with Gasteiger partial charge in [-0.05, 0) is 0 Å². The van der Waals surface area contributed by atoms with E-state index in [1.165, 1.54) is 0 Å². The molecule has 0 saturated heterocycles. The molecule has 0 atom stereocenters. The Labute approximate surface area is 91.2 Å². The van der Waals surface area contributed by atoms with E-state index in [-0.39, 0.29) is 10.9 Å². The monoisotopic (exact) mass is 284 g/mol. The quantitative estimate of drug-likeness (QED) is 0.475. The van der Waals surface area contributed by atoms with Gasteiger partial charge in [-0.2, -0.15) is 0 Å². The van der Waals surface area contributed by atoms with E-state index in [4.69, 9.17) is 0 Å². The van der Waals surface area contributed by atoms with Crippen LogP contribution in [0.25, 0.3) is 0 Å². The van der Waals surface area contributed by atoms with Crippen LogP contribution < -0.4 is 0 Å². The Kier molecular flexibility index (Phi) is 3.36. The summed E-state index contributed by atoms with van der Waals surface area (Å²) in [5.41, 5.74) is -1.28. The molecule has 0 bridgehead atoms. The zero-order valence-electron chi connectivity index (χ0n) is 7.25. The fraction of sp³-hybridized carbons (Fsp3) is 0.250. The summed E-state index contributed by atoms with van der Waals surface area (Å²) in [5, 5.41) is 10.7. The number of rotatable bonds is 2. The van der Waals surface area contributed by atoms with E-state index < -0.39 is 22.4 Å². The number of nitro groups is 1. The summed E-state index contributed by atoms with van der Waals surface area (Å²) in [6.45, 7) is 0. The van der Waals surface area contributed by atoms with E-state index in [0.717, 1.165) is 12.1 Å². The molecule has 0 aliphatic rings. The Balaban J connectivity index is 3.28. The first kappa shape index (κ1) is 12.0. The molecule has 0 aliphatic heterocycles. The van der Waals surface area contributed by atoms with Gasteiger partial charge in [-0.15, -0.1) is 0 Å². The van der Waals surface area contributed by atoms with Crippen molar-refractivity contribution in [3.8, 4) is 0 Å². The third-order valence-electron chi connectivity index (χ3n) is 1.76. The van der Waals surface area contributed by atoms with Crippen molar-refractivity contribution < 1.29 is 18.1 Å². The molecule has 0 unspecified atom stereocenters. The zero-order chi connectivity index (χ0) is 11.6. The number of nitro benzene ring substituents is 1. The summed E-state index contributed by atoms with van der Waals surface area (Å²) in [7, 11) is 0. The Morgan fingerprint density at radius 1 is 1.40 bits per heavy atom. The number of nitrogens with zero attached hydrogens (tertiary/aromatic N) is 1. The molecule has 1 rings (SSSR count). The molecule has 0 saturated carbocycles. The van der Waals surface area contributed by atoms with E-state index in [1.807, 2.05) is 0 Å². The zero-order valence-corrected chi connectivity index (χ0v) is 8.96. The molecule has 3 nitrogen and oxygen atoms in total. The molecule has 1 aromatic rings. The van der Waals surface area contributed by atoms with E-state index in [9.17, 15) is 23.3 Å². The number of hydrogen-bond acceptors (Lipinski definition) is 2. The molecule has 0 heterocycles. The SMILES string of the molecule is O=[N+]([O-])c1cc(C(F)(F)F)ccc1C[Se]. The number of halogens is 3. The van der Waals surface area contributed by atoms with Crippen LogP contribution in [-0.2, 0) is 11.5 Å². The van der Waals surface area contributed by atoms with Crippen LogP contribution in [0.2, 0.25) is 0 Å². The van der Waals surface area contributed by atoms with Crippen molar-refractivity contribution in [2.24, 2.45) is 0 Å². The third kappa shape index (κ3) is 2.70. The summed E-state index contributed by atoms with van der Waals surface area (Å²) in [4.78, 5) is 9.67. The van der Waals surface area contributed by atoms with Crippen LogP contribution in [0.15, 0.2) is 18.2 Å². The number of benzene rings is 1. The molecule has 0 aromatic heterocycles. The molecule has 15 heavy (non-hydrogen) atoms. The van der Waals surface area contributed by atoms with Crippen LogP contribution in [0.3, 0.4) is 0 Å². The van der Waals surface area contributed by atoms with Gasteiger partial charge < -0.3 is 0 Å². The van der Waals surface area contributed by atoms with Gasteiger partial charge >= 0.3 is 90.7 Å². The molecule has 0 fully saturated rings. The molecule has 0 N–H and O–H groups in total. The molecule has 1 radical (unpaired) electrons. The molecular formula is C8H5F3NO2Se. The molecule has 0 aliphatic carbocycles. The van der Waals surface area contributed by atoms with E-state index in [0.29, 0.717) is 6.07 Å². The predicted molar refractivity (Wildman–Crippen MR) is 47.6 cm³/mol. The van der Waals surface area contributed by atoms with Crippen LogP contribution >= 0.6 is 0 Å². The standard InChI is InChI=1S/C8H5F3NO2Se/c9-8(10,11)6-2-1-5(4-15)7(3-6)12(13)14/h1-3H,4H2. The van der Waals surface area contributed by atoms with Gasteiger partial charge in [0.15, 0.2) is 0 Å². The van der Waals surface area contributed by atoms with Crippen molar-refractivity contribution in [3.63, 3.8) is 0 Å². The van der Waals surface area contributed by atoms with Crippen LogP contribution in [0.1, 0.15) is 11.1 Å². The molecule has 0 spiro atoms. The average Bonchev–Trinajstić information content (AvgIpc) is 2.15. The maximum atomic E-state index is 12.2. The molecule has 7 heteroatoms. The van der Waals surface area contributed by atoms with Gasteiger partial charge in [0.1, 0.15) is 0 Å². The van der Waals surface area contributed by atoms with Crippen LogP contribution in [0, 0.1) is 10.1 Å². The minimum atomic E-state index is -4.55. The van der Waals surface area contributed by atoms with Crippen LogP contribution in [-0.4, -0.2) is 20.9 Å². The predicted octanol–water partition coefficient (Wildman–Crippen LogP) is 2.28. The second kappa shape index (κ2) is 4.20. The van der Waals surface area contributed by atoms with Gasteiger partial charge in [0, 0.05) is 0 Å². The molecule has 81 valence electrons. The summed E-state index contributed by atoms with van der Waals surface area (Å²) >= 11 is 2.53. The second-order valence-corrected chi connectivity index (χ2v) is 3.35. The molecule has 1 aromatic carbocycles. The normalized spacial score (nSPS) is 11.5. The molecule has 0 amide bonds. The first-order valence-corrected chi connectivity index (χ1v) is 5.00. The fourth-order valence-corrected chi connectivity index (χ4v) is 1.54. The van der Waals surface area contributed by atoms with Gasteiger partial charge in [-0.25, -0.2) is 0 Å². The average molecular weight is 283 g/mol. The number of hydrogen-bond donors (Lipinski definition) is 0. The van der Waals surface area contributed by atoms with Crippen LogP contribution in [0.5, 0.6) is 0 Å². The van der Waals surface area contributed by atoms with Gasteiger partial charge in [0.05, 0.1) is 0 Å². The van der Waals surface area contributed by atoms with Crippen molar-refractivity contribution >= 4 is 21.7 Å². The van der Waals surface area contributed by atoms with Gasteiger partial charge in [-0.1, -0.05) is 0 Å². The summed E-state index contributed by atoms with van der Waals surface area (Å²) < 4.78 is 36.7. The second-order valence-electron chi connectivity index (χ2n) is 2.74. The number of alkyl halides is 3. The first-order valence-electron chi connectivity index (χ1n) is 3.79. The summed E-state index contributed by atoms with van der Waals surface area (Å²) in [5.74, 6) is 0. The minimum absolute atomic E-state index is 0.203. The van der Waals surface area contributed by atoms with Crippen LogP contribution in [0.4, 0.5) is 18.9 Å². The van der Waals surface area contributed by atoms with Gasteiger partial charge in [-0.3, -0.25) is 0 Å². The van der Waals surface area contributed by atoms with Crippen molar-refractivity contribution in [2.45, 2.75) is 11.5 Å². The first-order chi connectivity index (χ1) is 6.86. The summed E-state index contributed by atoms with van der Waals surface area (Å²) in [6.07, 6.45) is -4.55. The van der Waals surface area contributed by atoms with Gasteiger partial charge in [0.25, 0.3) is 0 Å². The van der Waals surface area contributed by atoms with Crippen molar-refractivity contribution in [1.29, 1.82) is 0 Å². The van der Waals surface area contributed by atoms with Crippen molar-refractivity contribution in [1.82, 2.24) is 0 Å².